The van der Waals surface area contributed by atoms with E-state index in [2.05, 4.69) is 16.4 Å². The first-order chi connectivity index (χ1) is 34.5. The highest BCUT2D eigenvalue weighted by atomic mass is 16.5. The van der Waals surface area contributed by atoms with Crippen LogP contribution in [0.2, 0.25) is 0 Å². The summed E-state index contributed by atoms with van der Waals surface area (Å²) in [7, 11) is 2.45. The van der Waals surface area contributed by atoms with Crippen LogP contribution >= 0.6 is 0 Å². The van der Waals surface area contributed by atoms with Crippen LogP contribution in [0.5, 0.6) is 0 Å². The molecule has 72 heavy (non-hydrogen) atoms. The Morgan fingerprint density at radius 3 is 1.43 bits per heavy atom. The summed E-state index contributed by atoms with van der Waals surface area (Å²) in [6.07, 6.45) is 19.9. The van der Waals surface area contributed by atoms with Crippen molar-refractivity contribution in [3.05, 3.63) is 139 Å². The molecule has 0 N–H and O–H groups in total. The van der Waals surface area contributed by atoms with Gasteiger partial charge in [-0.2, -0.15) is 0 Å². The minimum absolute atomic E-state index is 0.0556. The minimum atomic E-state index is -0.578. The highest BCUT2D eigenvalue weighted by Crippen LogP contribution is 2.12. The van der Waals surface area contributed by atoms with Gasteiger partial charge in [0.15, 0.2) is 34.6 Å². The van der Waals surface area contributed by atoms with Crippen LogP contribution in [-0.4, -0.2) is 61.0 Å². The monoisotopic (exact) mass is 1000 g/mol. The lowest BCUT2D eigenvalue weighted by molar-refractivity contribution is -0.145. The molecule has 5 aromatic heterocycles. The summed E-state index contributed by atoms with van der Waals surface area (Å²) in [6.45, 7) is 17.5. The van der Waals surface area contributed by atoms with Crippen LogP contribution in [-0.2, 0) is 44.8 Å². The number of hydrogen-bond donors (Lipinski definition) is 0. The first-order valence-electron chi connectivity index (χ1n) is 24.0. The number of ketones is 5. The molecule has 5 rings (SSSR count). The standard InChI is InChI=1S/C10H12O2.2C9H12O2.C8H10O3.C7H8O2.C7H14O.C6H8O4/c1-3-10(11)8(2)7-9-5-4-6-12-9;1-3-7(2)9(10)8-5-4-6-11-8;1-2-3-5-8(10)9-6-4-7-11-9;1-2-8(9)11-6-7-4-3-5-10-7;1-2-6(8)7-4-3-5-9-7;1-3-5-7(8)6-4-2;1-9-5(7)3-4-6(8)10-2/h4-7H,3H2,1-2H3;4-7H,3H2,1-2H3;4,6-7H,2-3,5H2,1H3;3-5H,2,6H2,1H3;3-5H,2H2,1H3;3-6H2,1-2H3;3-4H,1-2H3/b8-7+;;;;;;4-3+. The molecule has 0 spiro atoms. The molecule has 16 heteroatoms. The molecular weight excluding hydrogens is 929 g/mol. The second kappa shape index (κ2) is 43.6. The number of allylic oxidation sites excluding steroid dienone is 1. The van der Waals surface area contributed by atoms with E-state index in [1.165, 1.54) is 33.0 Å². The lowest BCUT2D eigenvalue weighted by atomic mass is 10.0. The highest BCUT2D eigenvalue weighted by Gasteiger charge is 2.15. The van der Waals surface area contributed by atoms with E-state index in [0.29, 0.717) is 54.5 Å². The third-order valence-corrected chi connectivity index (χ3v) is 9.22. The number of ether oxygens (including phenoxy) is 3. The molecule has 1 unspecified atom stereocenters. The van der Waals surface area contributed by atoms with Gasteiger partial charge in [-0.25, -0.2) is 9.59 Å². The predicted octanol–water partition coefficient (Wildman–Crippen LogP) is 13.5. The summed E-state index contributed by atoms with van der Waals surface area (Å²) in [4.78, 5) is 86.3. The van der Waals surface area contributed by atoms with E-state index < -0.39 is 11.9 Å². The van der Waals surface area contributed by atoms with E-state index in [9.17, 15) is 38.4 Å². The molecule has 5 heterocycles. The Hall–Kier alpha value is -7.36. The van der Waals surface area contributed by atoms with Gasteiger partial charge in [0, 0.05) is 56.6 Å². The average molecular weight is 1010 g/mol. The van der Waals surface area contributed by atoms with E-state index in [0.717, 1.165) is 68.4 Å². The predicted molar refractivity (Wildman–Crippen MR) is 273 cm³/mol. The quantitative estimate of drug-likeness (QED) is 0.0288. The smallest absolute Gasteiger partial charge is 0.330 e. The molecule has 0 aromatic carbocycles. The third-order valence-electron chi connectivity index (χ3n) is 9.22. The van der Waals surface area contributed by atoms with Crippen LogP contribution in [0.1, 0.15) is 176 Å². The van der Waals surface area contributed by atoms with E-state index >= 15 is 0 Å². The number of esters is 3. The molecule has 0 fully saturated rings. The van der Waals surface area contributed by atoms with Crippen LogP contribution in [0.4, 0.5) is 0 Å². The molecule has 0 saturated carbocycles. The molecule has 0 aliphatic rings. The molecule has 0 radical (unpaired) electrons. The number of Topliss-reactive ketones (excluding diaryl/α,β-unsaturated/α-hetero) is 5. The van der Waals surface area contributed by atoms with Gasteiger partial charge in [0.1, 0.15) is 23.9 Å². The van der Waals surface area contributed by atoms with Crippen molar-refractivity contribution in [2.75, 3.05) is 14.2 Å². The Morgan fingerprint density at radius 2 is 1.04 bits per heavy atom. The Labute approximate surface area is 424 Å². The average Bonchev–Trinajstić information content (AvgIpc) is 4.27. The van der Waals surface area contributed by atoms with Crippen molar-refractivity contribution in [3.8, 4) is 0 Å². The molecule has 1 atom stereocenters. The van der Waals surface area contributed by atoms with Crippen molar-refractivity contribution in [2.45, 2.75) is 140 Å². The number of methoxy groups -OCH3 is 2. The largest absolute Gasteiger partial charge is 0.466 e. The first kappa shape index (κ1) is 66.7. The Balaban J connectivity index is 0. The minimum Gasteiger partial charge on any atom is -0.466 e. The zero-order valence-electron chi connectivity index (χ0n) is 44.0. The van der Waals surface area contributed by atoms with Gasteiger partial charge in [-0.15, -0.1) is 0 Å². The molecule has 0 saturated heterocycles. The van der Waals surface area contributed by atoms with Gasteiger partial charge >= 0.3 is 17.9 Å². The number of hydrogen-bond acceptors (Lipinski definition) is 16. The molecule has 5 aromatic rings. The maximum absolute atomic E-state index is 11.3. The fourth-order valence-corrected chi connectivity index (χ4v) is 4.91. The highest BCUT2D eigenvalue weighted by molar-refractivity contribution is 5.98. The molecule has 396 valence electrons. The fourth-order valence-electron chi connectivity index (χ4n) is 4.91. The molecule has 0 bridgehead atoms. The van der Waals surface area contributed by atoms with Crippen molar-refractivity contribution in [1.82, 2.24) is 0 Å². The van der Waals surface area contributed by atoms with Gasteiger partial charge in [-0.05, 0) is 105 Å². The van der Waals surface area contributed by atoms with Crippen LogP contribution in [0, 0.1) is 5.92 Å². The molecule has 16 nitrogen and oxygen atoms in total. The zero-order chi connectivity index (χ0) is 54.5. The van der Waals surface area contributed by atoms with Crippen LogP contribution in [0.25, 0.3) is 6.08 Å². The molecule has 0 amide bonds. The summed E-state index contributed by atoms with van der Waals surface area (Å²) < 4.78 is 38.0. The number of unbranched alkanes of at least 4 members (excludes halogenated alkanes) is 1. The molecule has 0 aliphatic carbocycles. The van der Waals surface area contributed by atoms with Crippen LogP contribution in [0.15, 0.2) is 132 Å². The van der Waals surface area contributed by atoms with Gasteiger partial charge < -0.3 is 36.3 Å². The Morgan fingerprint density at radius 1 is 0.556 bits per heavy atom. The van der Waals surface area contributed by atoms with Gasteiger partial charge in [0.05, 0.1) is 45.5 Å². The van der Waals surface area contributed by atoms with Gasteiger partial charge in [-0.3, -0.25) is 28.8 Å². The zero-order valence-corrected chi connectivity index (χ0v) is 44.0. The summed E-state index contributed by atoms with van der Waals surface area (Å²) in [6, 6.07) is 17.4. The lowest BCUT2D eigenvalue weighted by Gasteiger charge is -2.02. The number of carbonyl (C=O) groups is 8. The van der Waals surface area contributed by atoms with Crippen LogP contribution in [0.3, 0.4) is 0 Å². The van der Waals surface area contributed by atoms with Crippen LogP contribution < -0.4 is 0 Å². The SMILES string of the molecule is CCC(=O)/C(C)=C/c1ccco1.CCC(=O)OCc1ccco1.CCC(=O)c1ccco1.CCC(C)C(=O)c1ccco1.CCCC(=O)CCC.CCCCC(=O)c1ccco1.COC(=O)/C=C/C(=O)OC. The maximum Gasteiger partial charge on any atom is 0.330 e. The third kappa shape index (κ3) is 34.0. The van der Waals surface area contributed by atoms with Crippen molar-refractivity contribution in [3.63, 3.8) is 0 Å². The second-order valence-corrected chi connectivity index (χ2v) is 15.0. The Kier molecular flexibility index (Phi) is 40.4. The van der Waals surface area contributed by atoms with E-state index in [1.54, 1.807) is 87.0 Å². The Bertz CT molecular complexity index is 2190. The summed E-state index contributed by atoms with van der Waals surface area (Å²) in [5.41, 5.74) is 0.743. The van der Waals surface area contributed by atoms with Crippen molar-refractivity contribution in [1.29, 1.82) is 0 Å². The van der Waals surface area contributed by atoms with E-state index in [4.69, 9.17) is 26.8 Å². The van der Waals surface area contributed by atoms with Gasteiger partial charge in [0.25, 0.3) is 0 Å². The van der Waals surface area contributed by atoms with Crippen molar-refractivity contribution in [2.24, 2.45) is 5.92 Å². The topological polar surface area (TPSA) is 230 Å². The molecular formula is C56H76O16. The summed E-state index contributed by atoms with van der Waals surface area (Å²) in [5.74, 6) is 2.35. The van der Waals surface area contributed by atoms with Crippen molar-refractivity contribution < 1.29 is 74.7 Å². The number of furan rings is 5. The van der Waals surface area contributed by atoms with Crippen molar-refractivity contribution >= 4 is 52.9 Å². The fraction of sp³-hybridized carbons (Fsp3) is 0.429. The van der Waals surface area contributed by atoms with Gasteiger partial charge in [-0.1, -0.05) is 61.8 Å². The van der Waals surface area contributed by atoms with E-state index in [1.807, 2.05) is 47.6 Å². The normalized spacial score (nSPS) is 10.4. The van der Waals surface area contributed by atoms with Gasteiger partial charge in [0.2, 0.25) is 5.78 Å². The maximum atomic E-state index is 11.3. The number of carbonyl (C=O) groups excluding carboxylic acids is 8. The second-order valence-electron chi connectivity index (χ2n) is 15.0. The summed E-state index contributed by atoms with van der Waals surface area (Å²) in [5, 5.41) is 0. The lowest BCUT2D eigenvalue weighted by Crippen LogP contribution is -2.08. The van der Waals surface area contributed by atoms with E-state index in [-0.39, 0.29) is 41.6 Å². The summed E-state index contributed by atoms with van der Waals surface area (Å²) >= 11 is 0. The molecule has 0 aliphatic heterocycles. The number of rotatable bonds is 21. The first-order valence-corrected chi connectivity index (χ1v) is 24.0.